The number of aromatic nitrogens is 2. The lowest BCUT2D eigenvalue weighted by Crippen LogP contribution is -2.28. The largest absolute Gasteiger partial charge is 0.505 e. The van der Waals surface area contributed by atoms with Crippen LogP contribution in [0.4, 0.5) is 0 Å². The van der Waals surface area contributed by atoms with Gasteiger partial charge in [0.15, 0.2) is 10.4 Å². The van der Waals surface area contributed by atoms with Gasteiger partial charge in [0, 0.05) is 17.3 Å². The van der Waals surface area contributed by atoms with Crippen molar-refractivity contribution in [2.24, 2.45) is 0 Å². The van der Waals surface area contributed by atoms with E-state index in [1.165, 1.54) is 34.8 Å². The third-order valence-corrected chi connectivity index (χ3v) is 5.40. The molecule has 0 saturated carbocycles. The van der Waals surface area contributed by atoms with Gasteiger partial charge in [-0.1, -0.05) is 6.07 Å². The van der Waals surface area contributed by atoms with Crippen LogP contribution in [0.25, 0.3) is 5.76 Å². The van der Waals surface area contributed by atoms with Crippen molar-refractivity contribution in [3.63, 3.8) is 0 Å². The molecule has 136 valence electrons. The lowest BCUT2D eigenvalue weighted by Gasteiger charge is -2.22. The van der Waals surface area contributed by atoms with Crippen molar-refractivity contribution in [2.45, 2.75) is 12.6 Å². The van der Waals surface area contributed by atoms with Gasteiger partial charge in [-0.25, -0.2) is 4.98 Å². The molecule has 4 heterocycles. The lowest BCUT2D eigenvalue weighted by molar-refractivity contribution is -0.140. The second-order valence-corrected chi connectivity index (χ2v) is 7.55. The summed E-state index contributed by atoms with van der Waals surface area (Å²) in [5.41, 5.74) is 0.0427. The van der Waals surface area contributed by atoms with Crippen molar-refractivity contribution in [3.8, 4) is 0 Å². The van der Waals surface area contributed by atoms with Gasteiger partial charge in [0.05, 0.1) is 18.3 Å². The molecule has 0 aromatic carbocycles. The van der Waals surface area contributed by atoms with Crippen molar-refractivity contribution >= 4 is 44.7 Å². The Morgan fingerprint density at radius 3 is 2.78 bits per heavy atom. The second-order valence-electron chi connectivity index (χ2n) is 5.74. The molecule has 1 N–H and O–H groups in total. The summed E-state index contributed by atoms with van der Waals surface area (Å²) in [6.45, 7) is 0.225. The molecule has 0 radical (unpaired) electrons. The minimum Gasteiger partial charge on any atom is -0.505 e. The highest BCUT2D eigenvalue weighted by atomic mass is 79.9. The molecule has 1 amide bonds. The van der Waals surface area contributed by atoms with Gasteiger partial charge in [0.25, 0.3) is 11.7 Å². The average Bonchev–Trinajstić information content (AvgIpc) is 3.39. The molecule has 1 atom stereocenters. The van der Waals surface area contributed by atoms with Gasteiger partial charge < -0.3 is 14.4 Å². The maximum Gasteiger partial charge on any atom is 0.296 e. The number of hydrogen-bond donors (Lipinski definition) is 1. The fraction of sp³-hybridized carbons (Fsp3) is 0.111. The van der Waals surface area contributed by atoms with Crippen LogP contribution < -0.4 is 0 Å². The molecule has 1 saturated heterocycles. The fourth-order valence-corrected chi connectivity index (χ4v) is 3.97. The van der Waals surface area contributed by atoms with Crippen LogP contribution in [0.15, 0.2) is 62.9 Å². The Balaban J connectivity index is 1.86. The van der Waals surface area contributed by atoms with Crippen molar-refractivity contribution in [1.82, 2.24) is 14.9 Å². The molecule has 27 heavy (non-hydrogen) atoms. The number of aliphatic hydroxyl groups excluding tert-OH is 1. The molecule has 1 unspecified atom stereocenters. The van der Waals surface area contributed by atoms with E-state index in [1.807, 2.05) is 17.5 Å². The Hall–Kier alpha value is -2.78. The Labute approximate surface area is 166 Å². The Kier molecular flexibility index (Phi) is 4.63. The fourth-order valence-electron chi connectivity index (χ4n) is 2.94. The summed E-state index contributed by atoms with van der Waals surface area (Å²) in [4.78, 5) is 35.7. The Bertz CT molecular complexity index is 1030. The quantitative estimate of drug-likeness (QED) is 0.374. The standard InChI is InChI=1S/C18H12BrN3O4S/c19-13-4-3-12(26-13)15-14(16(23)11-8-20-5-6-21-11)17(24)18(25)22(15)9-10-2-1-7-27-10/h1-8,15,23H,9H2/b16-14+. The number of thiophene rings is 1. The van der Waals surface area contributed by atoms with Crippen molar-refractivity contribution in [3.05, 3.63) is 74.8 Å². The third kappa shape index (κ3) is 3.19. The maximum atomic E-state index is 12.7. The minimum atomic E-state index is -0.861. The molecular weight excluding hydrogens is 434 g/mol. The maximum absolute atomic E-state index is 12.7. The van der Waals surface area contributed by atoms with Crippen LogP contribution in [0.2, 0.25) is 0 Å². The molecule has 0 aliphatic carbocycles. The number of carbonyl (C=O) groups is 2. The molecule has 1 fully saturated rings. The molecule has 3 aromatic rings. The van der Waals surface area contributed by atoms with E-state index in [9.17, 15) is 14.7 Å². The third-order valence-electron chi connectivity index (χ3n) is 4.12. The highest BCUT2D eigenvalue weighted by molar-refractivity contribution is 9.10. The number of carbonyl (C=O) groups excluding carboxylic acids is 2. The molecular formula is C18H12BrN3O4S. The first kappa shape index (κ1) is 17.6. The van der Waals surface area contributed by atoms with Gasteiger partial charge in [0.1, 0.15) is 17.5 Å². The molecule has 0 spiro atoms. The number of likely N-dealkylation sites (tertiary alicyclic amines) is 1. The number of rotatable bonds is 4. The van der Waals surface area contributed by atoms with E-state index in [2.05, 4.69) is 25.9 Å². The number of Topliss-reactive ketones (excluding diaryl/α,β-unsaturated/α-hetero) is 1. The molecule has 3 aromatic heterocycles. The van der Waals surface area contributed by atoms with E-state index < -0.39 is 17.7 Å². The van der Waals surface area contributed by atoms with E-state index in [0.717, 1.165) is 4.88 Å². The predicted octanol–water partition coefficient (Wildman–Crippen LogP) is 3.52. The number of nitrogens with zero attached hydrogens (tertiary/aromatic N) is 3. The normalized spacial score (nSPS) is 19.0. The molecule has 9 heteroatoms. The van der Waals surface area contributed by atoms with E-state index in [1.54, 1.807) is 12.1 Å². The molecule has 0 bridgehead atoms. The smallest absolute Gasteiger partial charge is 0.296 e. The lowest BCUT2D eigenvalue weighted by atomic mass is 10.0. The van der Waals surface area contributed by atoms with Gasteiger partial charge >= 0.3 is 0 Å². The van der Waals surface area contributed by atoms with E-state index in [0.29, 0.717) is 10.4 Å². The van der Waals surface area contributed by atoms with Crippen LogP contribution >= 0.6 is 27.3 Å². The highest BCUT2D eigenvalue weighted by Gasteiger charge is 2.47. The van der Waals surface area contributed by atoms with Crippen LogP contribution in [0, 0.1) is 0 Å². The van der Waals surface area contributed by atoms with Crippen molar-refractivity contribution < 1.29 is 19.1 Å². The first-order valence-electron chi connectivity index (χ1n) is 7.88. The summed E-state index contributed by atoms with van der Waals surface area (Å²) in [7, 11) is 0. The van der Waals surface area contributed by atoms with Crippen LogP contribution in [-0.2, 0) is 16.1 Å². The molecule has 7 nitrogen and oxygen atoms in total. The van der Waals surface area contributed by atoms with Crippen LogP contribution in [0.3, 0.4) is 0 Å². The number of amides is 1. The average molecular weight is 446 g/mol. The first-order chi connectivity index (χ1) is 13.1. The van der Waals surface area contributed by atoms with Crippen LogP contribution in [0.5, 0.6) is 0 Å². The number of ketones is 1. The zero-order valence-electron chi connectivity index (χ0n) is 13.7. The SMILES string of the molecule is O=C1C(=O)N(Cc2cccs2)C(c2ccc(Br)o2)/C1=C(\O)c1cnccn1. The molecule has 1 aliphatic rings. The van der Waals surface area contributed by atoms with E-state index >= 15 is 0 Å². The minimum absolute atomic E-state index is 0.0705. The number of hydrogen-bond acceptors (Lipinski definition) is 7. The summed E-state index contributed by atoms with van der Waals surface area (Å²) in [6.07, 6.45) is 4.18. The molecule has 1 aliphatic heterocycles. The highest BCUT2D eigenvalue weighted by Crippen LogP contribution is 2.41. The monoisotopic (exact) mass is 445 g/mol. The van der Waals surface area contributed by atoms with Gasteiger partial charge in [-0.3, -0.25) is 14.6 Å². The second kappa shape index (κ2) is 7.09. The van der Waals surface area contributed by atoms with E-state index in [-0.39, 0.29) is 23.6 Å². The van der Waals surface area contributed by atoms with Crippen molar-refractivity contribution in [1.29, 1.82) is 0 Å². The number of halogens is 1. The summed E-state index contributed by atoms with van der Waals surface area (Å²) in [5.74, 6) is -1.51. The topological polar surface area (TPSA) is 96.5 Å². The van der Waals surface area contributed by atoms with Crippen LogP contribution in [-0.4, -0.2) is 31.7 Å². The van der Waals surface area contributed by atoms with Gasteiger partial charge in [-0.05, 0) is 39.5 Å². The Morgan fingerprint density at radius 1 is 1.30 bits per heavy atom. The first-order valence-corrected chi connectivity index (χ1v) is 9.56. The summed E-state index contributed by atoms with van der Waals surface area (Å²) >= 11 is 4.71. The predicted molar refractivity (Wildman–Crippen MR) is 101 cm³/mol. The summed E-state index contributed by atoms with van der Waals surface area (Å²) in [6, 6.07) is 6.21. The van der Waals surface area contributed by atoms with Crippen LogP contribution in [0.1, 0.15) is 22.4 Å². The number of furan rings is 1. The van der Waals surface area contributed by atoms with E-state index in [4.69, 9.17) is 4.42 Å². The van der Waals surface area contributed by atoms with Gasteiger partial charge in [-0.15, -0.1) is 11.3 Å². The molecule has 4 rings (SSSR count). The summed E-state index contributed by atoms with van der Waals surface area (Å²) < 4.78 is 6.08. The van der Waals surface area contributed by atoms with Gasteiger partial charge in [-0.2, -0.15) is 0 Å². The van der Waals surface area contributed by atoms with Crippen molar-refractivity contribution in [2.75, 3.05) is 0 Å². The zero-order chi connectivity index (χ0) is 19.0. The summed E-state index contributed by atoms with van der Waals surface area (Å²) in [5, 5.41) is 12.6. The zero-order valence-corrected chi connectivity index (χ0v) is 16.1. The number of aliphatic hydroxyl groups is 1. The Morgan fingerprint density at radius 2 is 2.15 bits per heavy atom. The van der Waals surface area contributed by atoms with Gasteiger partial charge in [0.2, 0.25) is 0 Å².